The summed E-state index contributed by atoms with van der Waals surface area (Å²) in [5.41, 5.74) is 5.55. The van der Waals surface area contributed by atoms with Crippen LogP contribution in [0, 0.1) is 6.92 Å². The summed E-state index contributed by atoms with van der Waals surface area (Å²) in [6.45, 7) is 2.01. The number of para-hydroxylation sites is 1. The van der Waals surface area contributed by atoms with Crippen molar-refractivity contribution in [1.82, 2.24) is 9.78 Å². The van der Waals surface area contributed by atoms with Crippen molar-refractivity contribution in [1.29, 1.82) is 0 Å². The molecule has 1 aromatic heterocycles. The van der Waals surface area contributed by atoms with E-state index in [1.807, 2.05) is 109 Å². The monoisotopic (exact) mass is 364 g/mol. The van der Waals surface area contributed by atoms with Crippen molar-refractivity contribution in [2.24, 2.45) is 0 Å². The van der Waals surface area contributed by atoms with Gasteiger partial charge in [-0.25, -0.2) is 4.68 Å². The second-order valence-electron chi connectivity index (χ2n) is 6.64. The minimum absolute atomic E-state index is 0.0218. The van der Waals surface area contributed by atoms with Crippen molar-refractivity contribution >= 4 is 11.9 Å². The van der Waals surface area contributed by atoms with Gasteiger partial charge in [0, 0.05) is 22.9 Å². The molecule has 0 atom stereocenters. The number of aryl methyl sites for hydroxylation is 1. The van der Waals surface area contributed by atoms with Crippen LogP contribution in [-0.4, -0.2) is 15.6 Å². The minimum atomic E-state index is -0.0218. The molecule has 3 heteroatoms. The second-order valence-corrected chi connectivity index (χ2v) is 6.64. The lowest BCUT2D eigenvalue weighted by molar-refractivity contribution is 0.104. The van der Waals surface area contributed by atoms with Gasteiger partial charge < -0.3 is 0 Å². The standard InChI is InChI=1S/C25H20N2O/c1-19-12-14-20(15-13-19)24(28)17-16-22-18-27(23-10-6-3-7-11-23)26-25(22)21-8-4-2-5-9-21/h2-18H,1H3/b17-16+. The van der Waals surface area contributed by atoms with E-state index in [-0.39, 0.29) is 5.78 Å². The van der Waals surface area contributed by atoms with E-state index in [4.69, 9.17) is 5.10 Å². The van der Waals surface area contributed by atoms with E-state index >= 15 is 0 Å². The maximum Gasteiger partial charge on any atom is 0.185 e. The first-order valence-corrected chi connectivity index (χ1v) is 9.20. The van der Waals surface area contributed by atoms with Gasteiger partial charge in [0.15, 0.2) is 5.78 Å². The lowest BCUT2D eigenvalue weighted by atomic mass is 10.1. The summed E-state index contributed by atoms with van der Waals surface area (Å²) in [6.07, 6.45) is 5.41. The topological polar surface area (TPSA) is 34.9 Å². The van der Waals surface area contributed by atoms with Gasteiger partial charge in [-0.3, -0.25) is 4.79 Å². The highest BCUT2D eigenvalue weighted by Crippen LogP contribution is 2.25. The molecule has 0 saturated heterocycles. The molecule has 0 amide bonds. The van der Waals surface area contributed by atoms with E-state index in [0.717, 1.165) is 28.1 Å². The molecule has 0 bridgehead atoms. The maximum atomic E-state index is 12.5. The van der Waals surface area contributed by atoms with Crippen LogP contribution in [0.1, 0.15) is 21.5 Å². The first kappa shape index (κ1) is 17.7. The van der Waals surface area contributed by atoms with Crippen LogP contribution < -0.4 is 0 Å². The maximum absolute atomic E-state index is 12.5. The van der Waals surface area contributed by atoms with Crippen molar-refractivity contribution in [3.05, 3.63) is 114 Å². The number of nitrogens with zero attached hydrogens (tertiary/aromatic N) is 2. The van der Waals surface area contributed by atoms with Crippen molar-refractivity contribution in [2.45, 2.75) is 6.92 Å². The molecule has 0 spiro atoms. The second kappa shape index (κ2) is 7.89. The molecule has 3 nitrogen and oxygen atoms in total. The van der Waals surface area contributed by atoms with E-state index in [2.05, 4.69) is 0 Å². The summed E-state index contributed by atoms with van der Waals surface area (Å²) in [6, 6.07) is 27.6. The van der Waals surface area contributed by atoms with E-state index in [1.165, 1.54) is 0 Å². The van der Waals surface area contributed by atoms with Crippen molar-refractivity contribution in [3.63, 3.8) is 0 Å². The summed E-state index contributed by atoms with van der Waals surface area (Å²) in [4.78, 5) is 12.5. The van der Waals surface area contributed by atoms with Gasteiger partial charge in [-0.1, -0.05) is 78.4 Å². The molecule has 0 radical (unpaired) electrons. The Hall–Kier alpha value is -3.72. The van der Waals surface area contributed by atoms with Gasteiger partial charge in [0.2, 0.25) is 0 Å². The van der Waals surface area contributed by atoms with Gasteiger partial charge in [-0.2, -0.15) is 5.10 Å². The molecule has 0 saturated carbocycles. The van der Waals surface area contributed by atoms with Crippen LogP contribution in [0.4, 0.5) is 0 Å². The predicted octanol–water partition coefficient (Wildman–Crippen LogP) is 5.74. The van der Waals surface area contributed by atoms with E-state index < -0.39 is 0 Å². The van der Waals surface area contributed by atoms with Crippen LogP contribution in [0.3, 0.4) is 0 Å². The third-order valence-corrected chi connectivity index (χ3v) is 4.56. The number of benzene rings is 3. The SMILES string of the molecule is Cc1ccc(C(=O)/C=C/c2cn(-c3ccccc3)nc2-c2ccccc2)cc1. The van der Waals surface area contributed by atoms with Crippen LogP contribution in [0.15, 0.2) is 97.2 Å². The molecular formula is C25H20N2O. The summed E-state index contributed by atoms with van der Waals surface area (Å²) in [7, 11) is 0. The molecule has 1 heterocycles. The summed E-state index contributed by atoms with van der Waals surface area (Å²) < 4.78 is 1.85. The number of ketones is 1. The Morgan fingerprint density at radius 2 is 1.50 bits per heavy atom. The number of allylic oxidation sites excluding steroid dienone is 1. The lowest BCUT2D eigenvalue weighted by Crippen LogP contribution is -1.93. The first-order chi connectivity index (χ1) is 13.7. The molecule has 0 unspecified atom stereocenters. The highest BCUT2D eigenvalue weighted by atomic mass is 16.1. The Kier molecular flexibility index (Phi) is 4.98. The van der Waals surface area contributed by atoms with Crippen LogP contribution in [0.25, 0.3) is 23.0 Å². The minimum Gasteiger partial charge on any atom is -0.289 e. The zero-order chi connectivity index (χ0) is 19.3. The fourth-order valence-electron chi connectivity index (χ4n) is 3.02. The molecule has 0 aliphatic heterocycles. The van der Waals surface area contributed by atoms with Crippen LogP contribution in [0.5, 0.6) is 0 Å². The van der Waals surface area contributed by atoms with E-state index in [1.54, 1.807) is 6.08 Å². The third kappa shape index (κ3) is 3.84. The van der Waals surface area contributed by atoms with Gasteiger partial charge in [-0.15, -0.1) is 0 Å². The van der Waals surface area contributed by atoms with Crippen molar-refractivity contribution < 1.29 is 4.79 Å². The summed E-state index contributed by atoms with van der Waals surface area (Å²) >= 11 is 0. The molecule has 0 fully saturated rings. The van der Waals surface area contributed by atoms with Crippen molar-refractivity contribution in [3.8, 4) is 16.9 Å². The number of hydrogen-bond donors (Lipinski definition) is 0. The number of carbonyl (C=O) groups is 1. The average Bonchev–Trinajstić information content (AvgIpc) is 3.18. The molecule has 136 valence electrons. The van der Waals surface area contributed by atoms with Gasteiger partial charge >= 0.3 is 0 Å². The third-order valence-electron chi connectivity index (χ3n) is 4.56. The molecule has 4 rings (SSSR count). The fraction of sp³-hybridized carbons (Fsp3) is 0.0400. The van der Waals surface area contributed by atoms with Gasteiger partial charge in [-0.05, 0) is 31.2 Å². The average molecular weight is 364 g/mol. The van der Waals surface area contributed by atoms with E-state index in [9.17, 15) is 4.79 Å². The number of hydrogen-bond acceptors (Lipinski definition) is 2. The number of carbonyl (C=O) groups excluding carboxylic acids is 1. The zero-order valence-corrected chi connectivity index (χ0v) is 15.6. The Labute approximate surface area is 164 Å². The number of rotatable bonds is 5. The predicted molar refractivity (Wildman–Crippen MR) is 114 cm³/mol. The van der Waals surface area contributed by atoms with Crippen LogP contribution in [-0.2, 0) is 0 Å². The highest BCUT2D eigenvalue weighted by molar-refractivity contribution is 6.07. The lowest BCUT2D eigenvalue weighted by Gasteiger charge is -2.00. The van der Waals surface area contributed by atoms with Gasteiger partial charge in [0.05, 0.1) is 11.4 Å². The van der Waals surface area contributed by atoms with Crippen LogP contribution in [0.2, 0.25) is 0 Å². The van der Waals surface area contributed by atoms with Crippen molar-refractivity contribution in [2.75, 3.05) is 0 Å². The fourth-order valence-corrected chi connectivity index (χ4v) is 3.02. The van der Waals surface area contributed by atoms with Crippen LogP contribution >= 0.6 is 0 Å². The first-order valence-electron chi connectivity index (χ1n) is 9.20. The Balaban J connectivity index is 1.71. The zero-order valence-electron chi connectivity index (χ0n) is 15.6. The molecule has 4 aromatic rings. The Morgan fingerprint density at radius 3 is 2.18 bits per heavy atom. The number of aromatic nitrogens is 2. The molecule has 28 heavy (non-hydrogen) atoms. The largest absolute Gasteiger partial charge is 0.289 e. The summed E-state index contributed by atoms with van der Waals surface area (Å²) in [5.74, 6) is -0.0218. The highest BCUT2D eigenvalue weighted by Gasteiger charge is 2.11. The molecule has 3 aromatic carbocycles. The normalized spacial score (nSPS) is 11.0. The van der Waals surface area contributed by atoms with E-state index in [0.29, 0.717) is 5.56 Å². The Bertz CT molecular complexity index is 1110. The molecule has 0 aliphatic rings. The van der Waals surface area contributed by atoms with Gasteiger partial charge in [0.25, 0.3) is 0 Å². The molecular weight excluding hydrogens is 344 g/mol. The Morgan fingerprint density at radius 1 is 0.857 bits per heavy atom. The molecule has 0 N–H and O–H groups in total. The summed E-state index contributed by atoms with van der Waals surface area (Å²) in [5, 5.41) is 4.77. The smallest absolute Gasteiger partial charge is 0.185 e. The molecule has 0 aliphatic carbocycles. The van der Waals surface area contributed by atoms with Gasteiger partial charge in [0.1, 0.15) is 0 Å². The quantitative estimate of drug-likeness (QED) is 0.334.